The number of hydrogen-bond donors (Lipinski definition) is 1. The lowest BCUT2D eigenvalue weighted by molar-refractivity contribution is 0.0951. The highest BCUT2D eigenvalue weighted by Gasteiger charge is 2.06. The van der Waals surface area contributed by atoms with Crippen molar-refractivity contribution >= 4 is 17.7 Å². The minimum absolute atomic E-state index is 0.0813. The van der Waals surface area contributed by atoms with Crippen molar-refractivity contribution < 1.29 is 4.79 Å². The first-order valence-electron chi connectivity index (χ1n) is 7.58. The van der Waals surface area contributed by atoms with E-state index in [9.17, 15) is 4.79 Å². The van der Waals surface area contributed by atoms with Crippen LogP contribution in [0.2, 0.25) is 0 Å². The Morgan fingerprint density at radius 2 is 2.00 bits per heavy atom. The first-order valence-corrected chi connectivity index (χ1v) is 8.57. The van der Waals surface area contributed by atoms with E-state index in [0.29, 0.717) is 12.1 Å². The lowest BCUT2D eigenvalue weighted by atomic mass is 10.1. The summed E-state index contributed by atoms with van der Waals surface area (Å²) in [4.78, 5) is 20.5. The Labute approximate surface area is 145 Å². The fourth-order valence-electron chi connectivity index (χ4n) is 2.18. The van der Waals surface area contributed by atoms with Crippen LogP contribution in [0.3, 0.4) is 0 Å². The van der Waals surface area contributed by atoms with Gasteiger partial charge in [0.15, 0.2) is 5.16 Å². The zero-order valence-corrected chi connectivity index (χ0v) is 14.2. The van der Waals surface area contributed by atoms with Crippen LogP contribution in [0.25, 0.3) is 0 Å². The molecule has 1 amide bonds. The van der Waals surface area contributed by atoms with Crippen molar-refractivity contribution in [2.75, 3.05) is 0 Å². The predicted octanol–water partition coefficient (Wildman–Crippen LogP) is 3.04. The van der Waals surface area contributed by atoms with Crippen LogP contribution < -0.4 is 5.32 Å². The Kier molecular flexibility index (Phi) is 5.28. The number of carbonyl (C=O) groups excluding carboxylic acids is 1. The first-order chi connectivity index (χ1) is 11.7. The van der Waals surface area contributed by atoms with Gasteiger partial charge in [0.05, 0.1) is 0 Å². The third kappa shape index (κ3) is 4.23. The van der Waals surface area contributed by atoms with Gasteiger partial charge in [0.25, 0.3) is 5.91 Å². The van der Waals surface area contributed by atoms with Crippen molar-refractivity contribution in [1.82, 2.24) is 19.9 Å². The summed E-state index contributed by atoms with van der Waals surface area (Å²) in [6.07, 6.45) is 7.18. The van der Waals surface area contributed by atoms with E-state index in [0.717, 1.165) is 22.0 Å². The normalized spacial score (nSPS) is 10.5. The molecule has 122 valence electrons. The monoisotopic (exact) mass is 338 g/mol. The molecular formula is C18H18N4OS. The molecule has 6 heteroatoms. The van der Waals surface area contributed by atoms with E-state index in [4.69, 9.17) is 0 Å². The van der Waals surface area contributed by atoms with Crippen LogP contribution in [0, 0.1) is 0 Å². The van der Waals surface area contributed by atoms with Crippen molar-refractivity contribution in [1.29, 1.82) is 0 Å². The lowest BCUT2D eigenvalue weighted by Gasteiger charge is -2.06. The SMILES string of the molecule is Cn1ccnc1SCc1ccc(C(=O)NCc2cccnc2)cc1. The summed E-state index contributed by atoms with van der Waals surface area (Å²) < 4.78 is 1.99. The number of carbonyl (C=O) groups is 1. The molecule has 0 radical (unpaired) electrons. The molecule has 0 bridgehead atoms. The summed E-state index contributed by atoms with van der Waals surface area (Å²) in [6.45, 7) is 0.476. The molecular weight excluding hydrogens is 320 g/mol. The van der Waals surface area contributed by atoms with Crippen LogP contribution in [-0.4, -0.2) is 20.4 Å². The summed E-state index contributed by atoms with van der Waals surface area (Å²) >= 11 is 1.67. The van der Waals surface area contributed by atoms with Gasteiger partial charge in [-0.25, -0.2) is 4.98 Å². The van der Waals surface area contributed by atoms with Gasteiger partial charge in [-0.05, 0) is 29.3 Å². The number of pyridine rings is 1. The molecule has 2 heterocycles. The molecule has 1 aromatic carbocycles. The van der Waals surface area contributed by atoms with E-state index in [1.165, 1.54) is 0 Å². The number of thioether (sulfide) groups is 1. The summed E-state index contributed by atoms with van der Waals surface area (Å²) in [5, 5.41) is 3.88. The van der Waals surface area contributed by atoms with E-state index in [1.807, 2.05) is 54.2 Å². The van der Waals surface area contributed by atoms with Crippen LogP contribution in [0.4, 0.5) is 0 Å². The topological polar surface area (TPSA) is 59.8 Å². The number of hydrogen-bond acceptors (Lipinski definition) is 4. The number of rotatable bonds is 6. The number of benzene rings is 1. The van der Waals surface area contributed by atoms with Crippen LogP contribution in [0.5, 0.6) is 0 Å². The second-order valence-corrected chi connectivity index (χ2v) is 6.29. The number of amides is 1. The van der Waals surface area contributed by atoms with Crippen molar-refractivity contribution in [3.8, 4) is 0 Å². The van der Waals surface area contributed by atoms with Crippen molar-refractivity contribution in [3.63, 3.8) is 0 Å². The summed E-state index contributed by atoms with van der Waals surface area (Å²) in [6, 6.07) is 11.5. The third-order valence-electron chi connectivity index (χ3n) is 3.54. The van der Waals surface area contributed by atoms with Gasteiger partial charge in [-0.2, -0.15) is 0 Å². The van der Waals surface area contributed by atoms with Crippen molar-refractivity contribution in [2.24, 2.45) is 7.05 Å². The van der Waals surface area contributed by atoms with E-state index in [2.05, 4.69) is 15.3 Å². The van der Waals surface area contributed by atoms with Crippen LogP contribution in [0.15, 0.2) is 66.3 Å². The fourth-order valence-corrected chi connectivity index (χ4v) is 3.07. The minimum Gasteiger partial charge on any atom is -0.348 e. The Morgan fingerprint density at radius 1 is 1.17 bits per heavy atom. The predicted molar refractivity (Wildman–Crippen MR) is 94.6 cm³/mol. The van der Waals surface area contributed by atoms with Gasteiger partial charge in [0.2, 0.25) is 0 Å². The highest BCUT2D eigenvalue weighted by Crippen LogP contribution is 2.20. The summed E-state index contributed by atoms with van der Waals surface area (Å²) in [5.74, 6) is 0.741. The molecule has 0 saturated carbocycles. The molecule has 0 saturated heterocycles. The number of nitrogens with one attached hydrogen (secondary N) is 1. The summed E-state index contributed by atoms with van der Waals surface area (Å²) in [7, 11) is 1.98. The molecule has 0 aliphatic carbocycles. The van der Waals surface area contributed by atoms with E-state index < -0.39 is 0 Å². The zero-order chi connectivity index (χ0) is 16.8. The maximum Gasteiger partial charge on any atom is 0.251 e. The van der Waals surface area contributed by atoms with Gasteiger partial charge < -0.3 is 9.88 Å². The molecule has 24 heavy (non-hydrogen) atoms. The van der Waals surface area contributed by atoms with E-state index in [1.54, 1.807) is 30.4 Å². The van der Waals surface area contributed by atoms with Gasteiger partial charge in [-0.1, -0.05) is 30.0 Å². The largest absolute Gasteiger partial charge is 0.348 e. The molecule has 0 spiro atoms. The quantitative estimate of drug-likeness (QED) is 0.702. The molecule has 3 rings (SSSR count). The Bertz CT molecular complexity index is 799. The molecule has 5 nitrogen and oxygen atoms in total. The number of aromatic nitrogens is 3. The molecule has 1 N–H and O–H groups in total. The van der Waals surface area contributed by atoms with E-state index >= 15 is 0 Å². The average Bonchev–Trinajstić information content (AvgIpc) is 3.04. The minimum atomic E-state index is -0.0813. The Hall–Kier alpha value is -2.60. The van der Waals surface area contributed by atoms with Gasteiger partial charge in [0.1, 0.15) is 0 Å². The lowest BCUT2D eigenvalue weighted by Crippen LogP contribution is -2.22. The molecule has 0 aliphatic heterocycles. The number of nitrogens with zero attached hydrogens (tertiary/aromatic N) is 3. The molecule has 0 unspecified atom stereocenters. The third-order valence-corrected chi connectivity index (χ3v) is 4.67. The molecule has 3 aromatic rings. The second-order valence-electron chi connectivity index (χ2n) is 5.35. The molecule has 0 atom stereocenters. The van der Waals surface area contributed by atoms with Gasteiger partial charge in [-0.3, -0.25) is 9.78 Å². The van der Waals surface area contributed by atoms with Crippen LogP contribution >= 0.6 is 11.8 Å². The average molecular weight is 338 g/mol. The summed E-state index contributed by atoms with van der Waals surface area (Å²) in [5.41, 5.74) is 2.80. The Balaban J connectivity index is 1.53. The zero-order valence-electron chi connectivity index (χ0n) is 13.3. The second kappa shape index (κ2) is 7.79. The van der Waals surface area contributed by atoms with Crippen molar-refractivity contribution in [2.45, 2.75) is 17.5 Å². The van der Waals surface area contributed by atoms with Gasteiger partial charge in [0, 0.05) is 49.7 Å². The highest BCUT2D eigenvalue weighted by atomic mass is 32.2. The molecule has 2 aromatic heterocycles. The van der Waals surface area contributed by atoms with Crippen LogP contribution in [-0.2, 0) is 19.3 Å². The first kappa shape index (κ1) is 16.3. The maximum absolute atomic E-state index is 12.2. The number of aryl methyl sites for hydroxylation is 1. The molecule has 0 fully saturated rings. The van der Waals surface area contributed by atoms with E-state index in [-0.39, 0.29) is 5.91 Å². The van der Waals surface area contributed by atoms with Gasteiger partial charge in [-0.15, -0.1) is 0 Å². The van der Waals surface area contributed by atoms with Crippen molar-refractivity contribution in [3.05, 3.63) is 77.9 Å². The smallest absolute Gasteiger partial charge is 0.251 e. The number of imidazole rings is 1. The highest BCUT2D eigenvalue weighted by molar-refractivity contribution is 7.98. The standard InChI is InChI=1S/C18H18N4OS/c1-22-10-9-20-18(22)24-13-14-4-6-16(7-5-14)17(23)21-12-15-3-2-8-19-11-15/h2-11H,12-13H2,1H3,(H,21,23). The van der Waals surface area contributed by atoms with Gasteiger partial charge >= 0.3 is 0 Å². The van der Waals surface area contributed by atoms with Crippen LogP contribution in [0.1, 0.15) is 21.5 Å². The maximum atomic E-state index is 12.2. The molecule has 0 aliphatic rings. The fraction of sp³-hybridized carbons (Fsp3) is 0.167. The Morgan fingerprint density at radius 3 is 2.67 bits per heavy atom.